The molecule has 8 saturated carbocycles. The lowest BCUT2D eigenvalue weighted by atomic mass is 9.47. The van der Waals surface area contributed by atoms with Gasteiger partial charge in [0.05, 0.1) is 16.5 Å². The molecular weight excluding hydrogens is 629 g/mol. The first-order chi connectivity index (χ1) is 24.7. The van der Waals surface area contributed by atoms with Crippen LogP contribution in [0.25, 0.3) is 11.1 Å². The fourth-order valence-corrected chi connectivity index (χ4v) is 14.6. The number of rotatable bonds is 6. The van der Waals surface area contributed by atoms with Gasteiger partial charge in [-0.1, -0.05) is 72.8 Å². The van der Waals surface area contributed by atoms with E-state index in [1.54, 1.807) is 24.3 Å². The first-order valence-electron chi connectivity index (χ1n) is 19.7. The van der Waals surface area contributed by atoms with E-state index in [1.807, 2.05) is 24.3 Å². The van der Waals surface area contributed by atoms with E-state index in [2.05, 4.69) is 36.4 Å². The minimum Gasteiger partial charge on any atom is -0.478 e. The quantitative estimate of drug-likeness (QED) is 0.188. The van der Waals surface area contributed by atoms with Crippen LogP contribution in [0.15, 0.2) is 84.9 Å². The minimum absolute atomic E-state index is 0.132. The minimum atomic E-state index is -1.11. The summed E-state index contributed by atoms with van der Waals surface area (Å²) in [6.45, 7) is 0. The molecule has 8 bridgehead atoms. The van der Waals surface area contributed by atoms with E-state index in [1.165, 1.54) is 88.2 Å². The van der Waals surface area contributed by atoms with Crippen molar-refractivity contribution in [1.29, 1.82) is 0 Å². The molecule has 0 radical (unpaired) electrons. The Morgan fingerprint density at radius 1 is 0.451 bits per heavy atom. The Labute approximate surface area is 300 Å². The molecule has 51 heavy (non-hydrogen) atoms. The van der Waals surface area contributed by atoms with Crippen LogP contribution < -0.4 is 0 Å². The van der Waals surface area contributed by atoms with Gasteiger partial charge < -0.3 is 10.2 Å². The molecular formula is C47H46O4. The van der Waals surface area contributed by atoms with Crippen molar-refractivity contribution in [1.82, 2.24) is 0 Å². The van der Waals surface area contributed by atoms with Gasteiger partial charge in [0.25, 0.3) is 0 Å². The van der Waals surface area contributed by atoms with E-state index in [0.29, 0.717) is 11.1 Å². The molecule has 9 aliphatic carbocycles. The van der Waals surface area contributed by atoms with E-state index in [9.17, 15) is 19.8 Å². The van der Waals surface area contributed by atoms with Crippen molar-refractivity contribution in [2.45, 2.75) is 93.3 Å². The van der Waals surface area contributed by atoms with Crippen molar-refractivity contribution in [3.8, 4) is 11.1 Å². The van der Waals surface area contributed by atoms with Crippen LogP contribution in [-0.2, 0) is 16.2 Å². The summed E-state index contributed by atoms with van der Waals surface area (Å²) in [5.74, 6) is 2.75. The number of carbonyl (C=O) groups is 2. The summed E-state index contributed by atoms with van der Waals surface area (Å²) < 4.78 is 0. The highest BCUT2D eigenvalue weighted by molar-refractivity contribution is 5.97. The molecule has 2 N–H and O–H groups in total. The molecule has 4 aromatic rings. The fourth-order valence-electron chi connectivity index (χ4n) is 14.6. The second-order valence-electron chi connectivity index (χ2n) is 18.4. The largest absolute Gasteiger partial charge is 0.478 e. The van der Waals surface area contributed by atoms with Crippen molar-refractivity contribution in [2.75, 3.05) is 0 Å². The molecule has 0 aromatic heterocycles. The lowest BCUT2D eigenvalue weighted by molar-refractivity contribution is -0.00530. The number of fused-ring (bicyclic) bond motifs is 3. The van der Waals surface area contributed by atoms with Gasteiger partial charge in [-0.25, -0.2) is 9.59 Å². The van der Waals surface area contributed by atoms with Crippen molar-refractivity contribution < 1.29 is 19.8 Å². The fraction of sp³-hybridized carbons (Fsp3) is 0.447. The van der Waals surface area contributed by atoms with Gasteiger partial charge in [0.1, 0.15) is 0 Å². The van der Waals surface area contributed by atoms with Crippen molar-refractivity contribution in [3.63, 3.8) is 0 Å². The summed E-state index contributed by atoms with van der Waals surface area (Å²) in [5, 5.41) is 21.7. The number of aromatic carboxylic acids is 2. The van der Waals surface area contributed by atoms with Crippen molar-refractivity contribution in [2.24, 2.45) is 35.5 Å². The van der Waals surface area contributed by atoms with Gasteiger partial charge in [-0.2, -0.15) is 0 Å². The topological polar surface area (TPSA) is 74.6 Å². The highest BCUT2D eigenvalue weighted by Crippen LogP contribution is 2.65. The van der Waals surface area contributed by atoms with E-state index < -0.39 is 17.4 Å². The molecule has 4 heteroatoms. The van der Waals surface area contributed by atoms with E-state index in [4.69, 9.17) is 0 Å². The number of carboxylic acid groups (broad SMARTS) is 2. The molecule has 0 heterocycles. The molecule has 13 rings (SSSR count). The van der Waals surface area contributed by atoms with Crippen LogP contribution in [0.1, 0.15) is 131 Å². The lowest BCUT2D eigenvalue weighted by Crippen LogP contribution is -2.48. The van der Waals surface area contributed by atoms with Crippen molar-refractivity contribution in [3.05, 3.63) is 129 Å². The average molecular weight is 675 g/mol. The highest BCUT2D eigenvalue weighted by atomic mass is 16.4. The Kier molecular flexibility index (Phi) is 6.24. The second-order valence-corrected chi connectivity index (χ2v) is 18.4. The summed E-state index contributed by atoms with van der Waals surface area (Å²) in [5.41, 5.74) is 8.02. The van der Waals surface area contributed by atoms with Crippen LogP contribution >= 0.6 is 0 Å². The number of benzene rings is 4. The van der Waals surface area contributed by atoms with Crippen LogP contribution in [0, 0.1) is 35.5 Å². The molecule has 8 fully saturated rings. The highest BCUT2D eigenvalue weighted by Gasteiger charge is 2.56. The van der Waals surface area contributed by atoms with Crippen LogP contribution in [-0.4, -0.2) is 22.2 Å². The molecule has 9 aliphatic rings. The number of hydrogen-bond donors (Lipinski definition) is 2. The third-order valence-electron chi connectivity index (χ3n) is 15.6. The molecule has 0 aliphatic heterocycles. The summed E-state index contributed by atoms with van der Waals surface area (Å²) in [7, 11) is 0. The van der Waals surface area contributed by atoms with Gasteiger partial charge in [0, 0.05) is 0 Å². The zero-order chi connectivity index (χ0) is 34.3. The van der Waals surface area contributed by atoms with Crippen LogP contribution in [0.2, 0.25) is 0 Å². The Balaban J connectivity index is 1.22. The van der Waals surface area contributed by atoms with Crippen LogP contribution in [0.4, 0.5) is 0 Å². The standard InChI is InChI=1S/C47H46O4/c48-43(49)37-5-1-3-7-39(37)47(40-8-4-2-6-38(40)44(50)51)41-19-33(45-21-27-13-28(22-45)15-29(14-27)23-45)9-11-35(41)36-12-10-34(20-42(36)47)46-24-30-16-31(25-46)18-32(17-30)26-46/h1-12,19-20,27-32H,13-18,21-26H2,(H,48,49)(H,50,51). The predicted molar refractivity (Wildman–Crippen MR) is 197 cm³/mol. The Morgan fingerprint density at radius 2 is 0.784 bits per heavy atom. The van der Waals surface area contributed by atoms with Gasteiger partial charge >= 0.3 is 11.9 Å². The Morgan fingerprint density at radius 3 is 1.12 bits per heavy atom. The number of hydrogen-bond acceptors (Lipinski definition) is 2. The molecule has 0 unspecified atom stereocenters. The molecule has 0 spiro atoms. The van der Waals surface area contributed by atoms with Gasteiger partial charge in [-0.05, 0) is 180 Å². The molecule has 0 amide bonds. The predicted octanol–water partition coefficient (Wildman–Crippen LogP) is 10.4. The first kappa shape index (κ1) is 30.4. The second kappa shape index (κ2) is 10.5. The molecule has 4 nitrogen and oxygen atoms in total. The van der Waals surface area contributed by atoms with E-state index in [-0.39, 0.29) is 22.0 Å². The van der Waals surface area contributed by atoms with E-state index in [0.717, 1.165) is 57.8 Å². The molecule has 258 valence electrons. The summed E-state index contributed by atoms with van der Waals surface area (Å²) in [6.07, 6.45) is 15.6. The van der Waals surface area contributed by atoms with Gasteiger partial charge in [-0.15, -0.1) is 0 Å². The molecule has 0 saturated heterocycles. The Hall–Kier alpha value is -4.18. The number of carboxylic acids is 2. The Bertz CT molecular complexity index is 1930. The molecule has 0 atom stereocenters. The normalized spacial score (nSPS) is 34.4. The van der Waals surface area contributed by atoms with Gasteiger partial charge in [0.2, 0.25) is 0 Å². The maximum Gasteiger partial charge on any atom is 0.336 e. The first-order valence-corrected chi connectivity index (χ1v) is 19.7. The zero-order valence-corrected chi connectivity index (χ0v) is 29.2. The van der Waals surface area contributed by atoms with Crippen molar-refractivity contribution >= 4 is 11.9 Å². The third-order valence-corrected chi connectivity index (χ3v) is 15.6. The summed E-state index contributed by atoms with van der Waals surface area (Å²) in [4.78, 5) is 26.5. The van der Waals surface area contributed by atoms with Crippen LogP contribution in [0.5, 0.6) is 0 Å². The maximum absolute atomic E-state index is 13.3. The average Bonchev–Trinajstić information content (AvgIpc) is 3.40. The monoisotopic (exact) mass is 674 g/mol. The zero-order valence-electron chi connectivity index (χ0n) is 29.2. The van der Waals surface area contributed by atoms with E-state index >= 15 is 0 Å². The SMILES string of the molecule is O=C(O)c1ccccc1C1(c2ccccc2C(=O)O)c2cc(C34CC5CC(CC(C5)C3)C4)ccc2-c2ccc(C34CC5CC(CC(C5)C3)C4)cc21. The molecule has 4 aromatic carbocycles. The maximum atomic E-state index is 13.3. The third kappa shape index (κ3) is 4.14. The summed E-state index contributed by atoms with van der Waals surface area (Å²) >= 11 is 0. The van der Waals surface area contributed by atoms with Crippen LogP contribution in [0.3, 0.4) is 0 Å². The summed E-state index contributed by atoms with van der Waals surface area (Å²) in [6, 6.07) is 29.2. The van der Waals surface area contributed by atoms with Gasteiger partial charge in [0.15, 0.2) is 0 Å². The van der Waals surface area contributed by atoms with Gasteiger partial charge in [-0.3, -0.25) is 0 Å². The lowest BCUT2D eigenvalue weighted by Gasteiger charge is -2.57. The smallest absolute Gasteiger partial charge is 0.336 e.